The van der Waals surface area contributed by atoms with E-state index in [1.165, 1.54) is 6.07 Å². The maximum Gasteiger partial charge on any atom is 0.242 e. The van der Waals surface area contributed by atoms with E-state index in [1.807, 2.05) is 11.8 Å². The van der Waals surface area contributed by atoms with Crippen LogP contribution in [-0.2, 0) is 4.79 Å². The summed E-state index contributed by atoms with van der Waals surface area (Å²) in [5.74, 6) is -1.81. The summed E-state index contributed by atoms with van der Waals surface area (Å²) in [5, 5.41) is 2.81. The van der Waals surface area contributed by atoms with Crippen LogP contribution in [0.4, 0.5) is 14.5 Å². The number of halogens is 2. The molecule has 1 aliphatic rings. The summed E-state index contributed by atoms with van der Waals surface area (Å²) < 4.78 is 25.7. The van der Waals surface area contributed by atoms with Crippen molar-refractivity contribution in [1.29, 1.82) is 0 Å². The quantitative estimate of drug-likeness (QED) is 0.875. The molecule has 3 nitrogen and oxygen atoms in total. The third kappa shape index (κ3) is 2.97. The van der Waals surface area contributed by atoms with Crippen molar-refractivity contribution in [2.24, 2.45) is 0 Å². The molecule has 1 amide bonds. The summed E-state index contributed by atoms with van der Waals surface area (Å²) in [6, 6.07) is 3.88. The van der Waals surface area contributed by atoms with Gasteiger partial charge in [0.25, 0.3) is 0 Å². The fraction of sp³-hybridized carbons (Fsp3) is 0.462. The normalized spacial score (nSPS) is 14.4. The maximum absolute atomic E-state index is 13.0. The first-order valence-corrected chi connectivity index (χ1v) is 6.10. The van der Waals surface area contributed by atoms with Crippen molar-refractivity contribution in [1.82, 2.24) is 4.90 Å². The topological polar surface area (TPSA) is 32.3 Å². The lowest BCUT2D eigenvalue weighted by molar-refractivity contribution is -0.129. The van der Waals surface area contributed by atoms with Crippen LogP contribution in [-0.4, -0.2) is 29.9 Å². The van der Waals surface area contributed by atoms with Crippen molar-refractivity contribution < 1.29 is 13.6 Å². The summed E-state index contributed by atoms with van der Waals surface area (Å²) in [5.41, 5.74) is 0.411. The first-order chi connectivity index (χ1) is 8.61. The third-order valence-corrected chi connectivity index (χ3v) is 3.01. The lowest BCUT2D eigenvalue weighted by atomic mass is 10.3. The number of amides is 1. The molecule has 0 bridgehead atoms. The average Bonchev–Trinajstić information content (AvgIpc) is 3.16. The summed E-state index contributed by atoms with van der Waals surface area (Å²) in [6.07, 6.45) is 2.12. The van der Waals surface area contributed by atoms with Crippen LogP contribution in [0.2, 0.25) is 0 Å². The number of nitrogens with one attached hydrogen (secondary N) is 1. The van der Waals surface area contributed by atoms with E-state index in [-0.39, 0.29) is 12.5 Å². The van der Waals surface area contributed by atoms with E-state index in [2.05, 4.69) is 5.32 Å². The van der Waals surface area contributed by atoms with Gasteiger partial charge in [-0.3, -0.25) is 4.79 Å². The molecule has 1 aliphatic carbocycles. The van der Waals surface area contributed by atoms with Gasteiger partial charge in [0.05, 0.1) is 6.54 Å². The fourth-order valence-electron chi connectivity index (χ4n) is 1.91. The number of anilines is 1. The van der Waals surface area contributed by atoms with Gasteiger partial charge in [0.2, 0.25) is 5.91 Å². The molecule has 0 aliphatic heterocycles. The predicted octanol–water partition coefficient (Wildman–Crippen LogP) is 2.39. The van der Waals surface area contributed by atoms with Gasteiger partial charge >= 0.3 is 0 Å². The molecule has 1 fully saturated rings. The molecule has 0 unspecified atom stereocenters. The van der Waals surface area contributed by atoms with Gasteiger partial charge in [-0.05, 0) is 31.9 Å². The van der Waals surface area contributed by atoms with E-state index in [0.717, 1.165) is 25.0 Å². The molecule has 1 aromatic rings. The minimum Gasteiger partial charge on any atom is -0.376 e. The van der Waals surface area contributed by atoms with Crippen molar-refractivity contribution in [2.45, 2.75) is 25.8 Å². The molecule has 0 spiro atoms. The Balaban J connectivity index is 1.90. The van der Waals surface area contributed by atoms with Crippen molar-refractivity contribution in [2.75, 3.05) is 18.4 Å². The molecule has 98 valence electrons. The summed E-state index contributed by atoms with van der Waals surface area (Å²) in [7, 11) is 0. The largest absolute Gasteiger partial charge is 0.376 e. The highest BCUT2D eigenvalue weighted by Gasteiger charge is 2.30. The van der Waals surface area contributed by atoms with Crippen LogP contribution in [0.5, 0.6) is 0 Å². The summed E-state index contributed by atoms with van der Waals surface area (Å²) >= 11 is 0. The minimum absolute atomic E-state index is 0.00951. The number of nitrogens with zero attached hydrogens (tertiary/aromatic N) is 1. The molecule has 0 atom stereocenters. The van der Waals surface area contributed by atoms with E-state index >= 15 is 0 Å². The number of benzene rings is 1. The highest BCUT2D eigenvalue weighted by molar-refractivity contribution is 5.81. The molecule has 1 N–H and O–H groups in total. The second-order valence-corrected chi connectivity index (χ2v) is 4.39. The van der Waals surface area contributed by atoms with Crippen LogP contribution >= 0.6 is 0 Å². The van der Waals surface area contributed by atoms with Crippen LogP contribution < -0.4 is 5.32 Å². The Morgan fingerprint density at radius 3 is 2.67 bits per heavy atom. The van der Waals surface area contributed by atoms with E-state index in [0.29, 0.717) is 18.3 Å². The Kier molecular flexibility index (Phi) is 3.79. The Labute approximate surface area is 105 Å². The number of likely N-dealkylation sites (N-methyl/N-ethyl adjacent to an activating group) is 1. The Morgan fingerprint density at radius 1 is 1.39 bits per heavy atom. The zero-order chi connectivity index (χ0) is 13.1. The Bertz CT molecular complexity index is 447. The van der Waals surface area contributed by atoms with E-state index in [4.69, 9.17) is 0 Å². The second-order valence-electron chi connectivity index (χ2n) is 4.39. The smallest absolute Gasteiger partial charge is 0.242 e. The van der Waals surface area contributed by atoms with Crippen molar-refractivity contribution in [3.8, 4) is 0 Å². The van der Waals surface area contributed by atoms with E-state index < -0.39 is 11.6 Å². The van der Waals surface area contributed by atoms with Crippen LogP contribution in [0.3, 0.4) is 0 Å². The number of carbonyl (C=O) groups excluding carboxylic acids is 1. The van der Waals surface area contributed by atoms with Gasteiger partial charge < -0.3 is 10.2 Å². The lowest BCUT2D eigenvalue weighted by Crippen LogP contribution is -2.37. The van der Waals surface area contributed by atoms with E-state index in [9.17, 15) is 13.6 Å². The van der Waals surface area contributed by atoms with Gasteiger partial charge in [-0.1, -0.05) is 0 Å². The number of carbonyl (C=O) groups is 1. The zero-order valence-electron chi connectivity index (χ0n) is 10.2. The van der Waals surface area contributed by atoms with Crippen LogP contribution in [0.25, 0.3) is 0 Å². The average molecular weight is 254 g/mol. The van der Waals surface area contributed by atoms with Crippen molar-refractivity contribution in [3.63, 3.8) is 0 Å². The SMILES string of the molecule is CCN(C(=O)CNc1ccc(F)c(F)c1)C1CC1. The molecule has 0 saturated heterocycles. The second kappa shape index (κ2) is 5.33. The first-order valence-electron chi connectivity index (χ1n) is 6.10. The monoisotopic (exact) mass is 254 g/mol. The zero-order valence-corrected chi connectivity index (χ0v) is 10.2. The van der Waals surface area contributed by atoms with Crippen molar-refractivity contribution in [3.05, 3.63) is 29.8 Å². The molecule has 0 aromatic heterocycles. The number of hydrogen-bond acceptors (Lipinski definition) is 2. The Morgan fingerprint density at radius 2 is 2.11 bits per heavy atom. The summed E-state index contributed by atoms with van der Waals surface area (Å²) in [4.78, 5) is 13.7. The van der Waals surface area contributed by atoms with Crippen LogP contribution in [0.1, 0.15) is 19.8 Å². The molecule has 0 radical (unpaired) electrons. The predicted molar refractivity (Wildman–Crippen MR) is 65.3 cm³/mol. The van der Waals surface area contributed by atoms with Crippen molar-refractivity contribution >= 4 is 11.6 Å². The fourth-order valence-corrected chi connectivity index (χ4v) is 1.91. The molecule has 2 rings (SSSR count). The van der Waals surface area contributed by atoms with Gasteiger partial charge in [-0.25, -0.2) is 8.78 Å². The maximum atomic E-state index is 13.0. The van der Waals surface area contributed by atoms with Gasteiger partial charge in [-0.2, -0.15) is 0 Å². The van der Waals surface area contributed by atoms with Gasteiger partial charge in [0, 0.05) is 24.3 Å². The third-order valence-electron chi connectivity index (χ3n) is 3.01. The van der Waals surface area contributed by atoms with Crippen LogP contribution in [0, 0.1) is 11.6 Å². The molecule has 18 heavy (non-hydrogen) atoms. The Hall–Kier alpha value is -1.65. The number of hydrogen-bond donors (Lipinski definition) is 1. The molecule has 0 heterocycles. The van der Waals surface area contributed by atoms with Gasteiger partial charge in [0.15, 0.2) is 11.6 Å². The molecular weight excluding hydrogens is 238 g/mol. The number of rotatable bonds is 5. The lowest BCUT2D eigenvalue weighted by Gasteiger charge is -2.20. The van der Waals surface area contributed by atoms with Crippen LogP contribution in [0.15, 0.2) is 18.2 Å². The highest BCUT2D eigenvalue weighted by atomic mass is 19.2. The molecule has 1 aromatic carbocycles. The van der Waals surface area contributed by atoms with Gasteiger partial charge in [0.1, 0.15) is 0 Å². The summed E-state index contributed by atoms with van der Waals surface area (Å²) in [6.45, 7) is 2.73. The highest BCUT2D eigenvalue weighted by Crippen LogP contribution is 2.26. The molecule has 5 heteroatoms. The standard InChI is InChI=1S/C13H16F2N2O/c1-2-17(10-4-5-10)13(18)8-16-9-3-6-11(14)12(15)7-9/h3,6-7,10,16H,2,4-5,8H2,1H3. The van der Waals surface area contributed by atoms with Gasteiger partial charge in [-0.15, -0.1) is 0 Å². The molecule has 1 saturated carbocycles. The first kappa shape index (κ1) is 12.8. The van der Waals surface area contributed by atoms with E-state index in [1.54, 1.807) is 0 Å². The molecular formula is C13H16F2N2O. The minimum atomic E-state index is -0.915.